The average molecular weight is 234 g/mol. The fourth-order valence-corrected chi connectivity index (χ4v) is 1.65. The van der Waals surface area contributed by atoms with Crippen LogP contribution in [-0.4, -0.2) is 18.3 Å². The summed E-state index contributed by atoms with van der Waals surface area (Å²) < 4.78 is 11.9. The van der Waals surface area contributed by atoms with Crippen molar-refractivity contribution in [3.8, 4) is 0 Å². The quantitative estimate of drug-likeness (QED) is 0.547. The van der Waals surface area contributed by atoms with E-state index < -0.39 is 0 Å². The van der Waals surface area contributed by atoms with Crippen LogP contribution in [0.4, 0.5) is 0 Å². The Hall–Kier alpha value is -0.795. The largest absolute Gasteiger partial charge is 0.490 e. The Labute approximate surface area is 106 Å². The summed E-state index contributed by atoms with van der Waals surface area (Å²) in [6.45, 7) is 16.2. The standard InChI is InChI=1S/C14H23BO2/c1-8-9-11(2)10-12(3)15-16-13(4,5)14(6,7)17-15/h8-10H,2H2,1,3-7H3/b9-8-,12-10+. The molecule has 94 valence electrons. The van der Waals surface area contributed by atoms with E-state index in [1.54, 1.807) is 0 Å². The van der Waals surface area contributed by atoms with Crippen molar-refractivity contribution in [2.45, 2.75) is 52.7 Å². The highest BCUT2D eigenvalue weighted by atomic mass is 16.7. The first-order chi connectivity index (χ1) is 7.69. The van der Waals surface area contributed by atoms with Crippen LogP contribution >= 0.6 is 0 Å². The lowest BCUT2D eigenvalue weighted by atomic mass is 9.78. The molecule has 3 heteroatoms. The van der Waals surface area contributed by atoms with Gasteiger partial charge >= 0.3 is 7.12 Å². The third kappa shape index (κ3) is 3.11. The van der Waals surface area contributed by atoms with Gasteiger partial charge in [0.2, 0.25) is 0 Å². The van der Waals surface area contributed by atoms with Crippen LogP contribution in [-0.2, 0) is 9.31 Å². The van der Waals surface area contributed by atoms with Crippen LogP contribution in [0.5, 0.6) is 0 Å². The molecular formula is C14H23BO2. The molecule has 0 N–H and O–H groups in total. The van der Waals surface area contributed by atoms with Crippen molar-refractivity contribution < 1.29 is 9.31 Å². The van der Waals surface area contributed by atoms with Gasteiger partial charge in [-0.05, 0) is 52.6 Å². The average Bonchev–Trinajstić information content (AvgIpc) is 2.36. The van der Waals surface area contributed by atoms with Gasteiger partial charge in [-0.15, -0.1) is 0 Å². The first kappa shape index (κ1) is 14.3. The van der Waals surface area contributed by atoms with Crippen LogP contribution in [0.1, 0.15) is 41.5 Å². The van der Waals surface area contributed by atoms with Gasteiger partial charge in [-0.1, -0.05) is 24.8 Å². The van der Waals surface area contributed by atoms with E-state index >= 15 is 0 Å². The lowest BCUT2D eigenvalue weighted by molar-refractivity contribution is 0.00578. The van der Waals surface area contributed by atoms with Gasteiger partial charge in [0.1, 0.15) is 0 Å². The van der Waals surface area contributed by atoms with Gasteiger partial charge in [-0.2, -0.15) is 0 Å². The predicted octanol–water partition coefficient (Wildman–Crippen LogP) is 3.70. The van der Waals surface area contributed by atoms with Crippen molar-refractivity contribution in [3.63, 3.8) is 0 Å². The van der Waals surface area contributed by atoms with Crippen LogP contribution in [0.25, 0.3) is 0 Å². The van der Waals surface area contributed by atoms with Crippen molar-refractivity contribution in [3.05, 3.63) is 35.9 Å². The van der Waals surface area contributed by atoms with E-state index in [0.717, 1.165) is 11.0 Å². The maximum atomic E-state index is 5.95. The molecule has 17 heavy (non-hydrogen) atoms. The highest BCUT2D eigenvalue weighted by Gasteiger charge is 2.51. The van der Waals surface area contributed by atoms with Crippen molar-refractivity contribution in [2.24, 2.45) is 0 Å². The molecule has 2 nitrogen and oxygen atoms in total. The van der Waals surface area contributed by atoms with E-state index in [1.165, 1.54) is 0 Å². The molecule has 0 aliphatic carbocycles. The minimum absolute atomic E-state index is 0.276. The van der Waals surface area contributed by atoms with Crippen LogP contribution in [0.3, 0.4) is 0 Å². The second kappa shape index (κ2) is 4.83. The van der Waals surface area contributed by atoms with E-state index in [0.29, 0.717) is 0 Å². The lowest BCUT2D eigenvalue weighted by Gasteiger charge is -2.32. The highest BCUT2D eigenvalue weighted by Crippen LogP contribution is 2.38. The van der Waals surface area contributed by atoms with Crippen LogP contribution in [0, 0.1) is 0 Å². The molecule has 0 bridgehead atoms. The van der Waals surface area contributed by atoms with Gasteiger partial charge < -0.3 is 9.31 Å². The van der Waals surface area contributed by atoms with Crippen molar-refractivity contribution in [2.75, 3.05) is 0 Å². The molecule has 0 saturated carbocycles. The van der Waals surface area contributed by atoms with Gasteiger partial charge in [0.25, 0.3) is 0 Å². The van der Waals surface area contributed by atoms with E-state index in [-0.39, 0.29) is 18.3 Å². The summed E-state index contributed by atoms with van der Waals surface area (Å²) in [5, 5.41) is 0. The topological polar surface area (TPSA) is 18.5 Å². The molecule has 1 heterocycles. The number of rotatable bonds is 3. The van der Waals surface area contributed by atoms with Crippen molar-refractivity contribution in [1.29, 1.82) is 0 Å². The number of allylic oxidation sites excluding steroid dienone is 5. The molecule has 1 saturated heterocycles. The highest BCUT2D eigenvalue weighted by molar-refractivity contribution is 6.54. The molecule has 1 rings (SSSR count). The van der Waals surface area contributed by atoms with Crippen molar-refractivity contribution >= 4 is 7.12 Å². The van der Waals surface area contributed by atoms with Gasteiger partial charge in [0, 0.05) is 0 Å². The summed E-state index contributed by atoms with van der Waals surface area (Å²) in [6, 6.07) is 0. The third-order valence-corrected chi connectivity index (χ3v) is 3.42. The fourth-order valence-electron chi connectivity index (χ4n) is 1.65. The molecule has 0 aromatic heterocycles. The maximum absolute atomic E-state index is 5.95. The minimum atomic E-state index is -0.283. The number of hydrogen-bond donors (Lipinski definition) is 0. The van der Waals surface area contributed by atoms with E-state index in [1.807, 2.05) is 32.1 Å². The zero-order valence-corrected chi connectivity index (χ0v) is 11.8. The molecule has 1 aliphatic heterocycles. The van der Waals surface area contributed by atoms with Gasteiger partial charge in [0.15, 0.2) is 0 Å². The summed E-state index contributed by atoms with van der Waals surface area (Å²) in [4.78, 5) is 0. The first-order valence-corrected chi connectivity index (χ1v) is 6.05. The molecule has 1 aliphatic rings. The second-order valence-electron chi connectivity index (χ2n) is 5.55. The van der Waals surface area contributed by atoms with Crippen LogP contribution in [0.15, 0.2) is 35.9 Å². The Balaban J connectivity index is 2.81. The summed E-state index contributed by atoms with van der Waals surface area (Å²) in [5.41, 5.74) is 1.44. The lowest BCUT2D eigenvalue weighted by Crippen LogP contribution is -2.41. The minimum Gasteiger partial charge on any atom is -0.400 e. The second-order valence-corrected chi connectivity index (χ2v) is 5.55. The smallest absolute Gasteiger partial charge is 0.400 e. The Morgan fingerprint density at radius 1 is 1.12 bits per heavy atom. The third-order valence-electron chi connectivity index (χ3n) is 3.42. The maximum Gasteiger partial charge on any atom is 0.490 e. The summed E-state index contributed by atoms with van der Waals surface area (Å²) in [5.74, 6) is 0. The summed E-state index contributed by atoms with van der Waals surface area (Å²) >= 11 is 0. The van der Waals surface area contributed by atoms with E-state index in [4.69, 9.17) is 9.31 Å². The van der Waals surface area contributed by atoms with Gasteiger partial charge in [-0.3, -0.25) is 0 Å². The molecule has 0 atom stereocenters. The van der Waals surface area contributed by atoms with E-state index in [2.05, 4.69) is 34.3 Å². The first-order valence-electron chi connectivity index (χ1n) is 6.05. The molecule has 1 fully saturated rings. The molecule has 0 radical (unpaired) electrons. The normalized spacial score (nSPS) is 23.4. The number of hydrogen-bond acceptors (Lipinski definition) is 2. The van der Waals surface area contributed by atoms with Crippen LogP contribution < -0.4 is 0 Å². The zero-order chi connectivity index (χ0) is 13.3. The molecule has 0 unspecified atom stereocenters. The Morgan fingerprint density at radius 2 is 1.59 bits per heavy atom. The SMILES string of the molecule is C=C(/C=C\C)/C=C(\C)B1OC(C)(C)C(C)(C)O1. The Bertz CT molecular complexity index is 348. The molecule has 0 aromatic rings. The monoisotopic (exact) mass is 234 g/mol. The summed E-state index contributed by atoms with van der Waals surface area (Å²) in [6.07, 6.45) is 5.94. The van der Waals surface area contributed by atoms with Gasteiger partial charge in [0.05, 0.1) is 11.2 Å². The Kier molecular flexibility index (Phi) is 4.05. The van der Waals surface area contributed by atoms with E-state index in [9.17, 15) is 0 Å². The Morgan fingerprint density at radius 3 is 2.00 bits per heavy atom. The molecular weight excluding hydrogens is 211 g/mol. The molecule has 0 amide bonds. The summed E-state index contributed by atoms with van der Waals surface area (Å²) in [7, 11) is -0.276. The zero-order valence-electron chi connectivity index (χ0n) is 11.8. The fraction of sp³-hybridized carbons (Fsp3) is 0.571. The predicted molar refractivity (Wildman–Crippen MR) is 73.8 cm³/mol. The van der Waals surface area contributed by atoms with Crippen molar-refractivity contribution in [1.82, 2.24) is 0 Å². The van der Waals surface area contributed by atoms with Crippen LogP contribution in [0.2, 0.25) is 0 Å². The van der Waals surface area contributed by atoms with Gasteiger partial charge in [-0.25, -0.2) is 0 Å². The molecule has 0 aromatic carbocycles. The molecule has 0 spiro atoms.